The van der Waals surface area contributed by atoms with E-state index < -0.39 is 0 Å². The second-order valence-electron chi connectivity index (χ2n) is 17.9. The fourth-order valence-corrected chi connectivity index (χ4v) is 11.9. The standard InChI is InChI=1S/C63H47NS/c1-5-49-54-34-31-48(39-60(54)63(3,4)59(49)6-2)64(46-27-20-41(21-28-46)40-14-8-7-9-15-40)47-29-22-42(23-30-47)43-24-32-52-53-33-25-44(37-57(53)51-17-11-10-16-50(51)56(52)36-43)45-26-35-62-58(38-45)55-18-12-13-19-61(55)65-62/h5-39H,1-4H3/b49-5-,59-6+. The van der Waals surface area contributed by atoms with Gasteiger partial charge in [-0.25, -0.2) is 0 Å². The van der Waals surface area contributed by atoms with Crippen LogP contribution in [-0.4, -0.2) is 0 Å². The van der Waals surface area contributed by atoms with E-state index in [9.17, 15) is 0 Å². The van der Waals surface area contributed by atoms with Crippen molar-refractivity contribution < 1.29 is 0 Å². The Labute approximate surface area is 384 Å². The first-order valence-corrected chi connectivity index (χ1v) is 23.5. The monoisotopic (exact) mass is 849 g/mol. The lowest BCUT2D eigenvalue weighted by Crippen LogP contribution is -2.16. The molecule has 310 valence electrons. The van der Waals surface area contributed by atoms with Crippen molar-refractivity contribution in [1.29, 1.82) is 0 Å². The van der Waals surface area contributed by atoms with Crippen LogP contribution < -0.4 is 4.90 Å². The van der Waals surface area contributed by atoms with Gasteiger partial charge in [0.05, 0.1) is 0 Å². The van der Waals surface area contributed by atoms with Gasteiger partial charge in [-0.05, 0) is 169 Å². The number of anilines is 3. The van der Waals surface area contributed by atoms with E-state index in [1.165, 1.54) is 108 Å². The predicted molar refractivity (Wildman–Crippen MR) is 283 cm³/mol. The summed E-state index contributed by atoms with van der Waals surface area (Å²) in [4.78, 5) is 2.41. The van der Waals surface area contributed by atoms with Gasteiger partial charge in [0.15, 0.2) is 0 Å². The zero-order chi connectivity index (χ0) is 43.8. The molecule has 0 saturated carbocycles. The Morgan fingerprint density at radius 2 is 0.831 bits per heavy atom. The van der Waals surface area contributed by atoms with Crippen LogP contribution in [0.4, 0.5) is 17.1 Å². The van der Waals surface area contributed by atoms with Gasteiger partial charge in [0, 0.05) is 42.6 Å². The average molecular weight is 850 g/mol. The molecule has 0 radical (unpaired) electrons. The lowest BCUT2D eigenvalue weighted by molar-refractivity contribution is 0.659. The first-order chi connectivity index (χ1) is 31.9. The zero-order valence-electron chi connectivity index (χ0n) is 37.1. The molecule has 0 bridgehead atoms. The molecule has 1 aliphatic rings. The number of fused-ring (bicyclic) bond motifs is 10. The molecule has 11 aromatic rings. The van der Waals surface area contributed by atoms with E-state index in [4.69, 9.17) is 0 Å². The van der Waals surface area contributed by atoms with Gasteiger partial charge in [-0.1, -0.05) is 159 Å². The van der Waals surface area contributed by atoms with Crippen LogP contribution >= 0.6 is 11.3 Å². The van der Waals surface area contributed by atoms with Gasteiger partial charge in [0.1, 0.15) is 0 Å². The molecule has 1 aromatic heterocycles. The molecule has 65 heavy (non-hydrogen) atoms. The van der Waals surface area contributed by atoms with E-state index in [1.807, 2.05) is 11.3 Å². The van der Waals surface area contributed by atoms with Crippen molar-refractivity contribution in [1.82, 2.24) is 0 Å². The molecule has 10 aromatic carbocycles. The third-order valence-corrected chi connectivity index (χ3v) is 15.2. The lowest BCUT2D eigenvalue weighted by Gasteiger charge is -2.28. The van der Waals surface area contributed by atoms with E-state index in [2.05, 4.69) is 245 Å². The lowest BCUT2D eigenvalue weighted by atomic mass is 9.82. The molecular formula is C63H47NS. The second-order valence-corrected chi connectivity index (χ2v) is 19.0. The molecular weight excluding hydrogens is 803 g/mol. The highest BCUT2D eigenvalue weighted by Gasteiger charge is 2.38. The third-order valence-electron chi connectivity index (χ3n) is 14.0. The molecule has 0 spiro atoms. The van der Waals surface area contributed by atoms with Gasteiger partial charge in [-0.3, -0.25) is 0 Å². The molecule has 0 saturated heterocycles. The number of hydrogen-bond acceptors (Lipinski definition) is 2. The van der Waals surface area contributed by atoms with Crippen LogP contribution in [-0.2, 0) is 5.41 Å². The van der Waals surface area contributed by atoms with Crippen molar-refractivity contribution in [3.8, 4) is 33.4 Å². The summed E-state index contributed by atoms with van der Waals surface area (Å²) in [7, 11) is 0. The molecule has 12 rings (SSSR count). The van der Waals surface area contributed by atoms with Crippen LogP contribution in [0.2, 0.25) is 0 Å². The van der Waals surface area contributed by atoms with Crippen molar-refractivity contribution in [3.63, 3.8) is 0 Å². The molecule has 0 aliphatic heterocycles. The Bertz CT molecular complexity index is 3710. The first kappa shape index (κ1) is 39.1. The molecule has 1 heterocycles. The van der Waals surface area contributed by atoms with Crippen molar-refractivity contribution in [2.24, 2.45) is 0 Å². The fraction of sp³-hybridized carbons (Fsp3) is 0.0794. The number of allylic oxidation sites excluding steroid dienone is 4. The van der Waals surface area contributed by atoms with Crippen molar-refractivity contribution in [3.05, 3.63) is 229 Å². The van der Waals surface area contributed by atoms with E-state index in [0.717, 1.165) is 17.1 Å². The Morgan fingerprint density at radius 3 is 1.45 bits per heavy atom. The molecule has 1 aliphatic carbocycles. The van der Waals surface area contributed by atoms with Gasteiger partial charge in [-0.2, -0.15) is 0 Å². The van der Waals surface area contributed by atoms with Crippen LogP contribution in [0.1, 0.15) is 38.8 Å². The van der Waals surface area contributed by atoms with Gasteiger partial charge < -0.3 is 4.90 Å². The smallest absolute Gasteiger partial charge is 0.0465 e. The topological polar surface area (TPSA) is 3.24 Å². The highest BCUT2D eigenvalue weighted by atomic mass is 32.1. The van der Waals surface area contributed by atoms with E-state index >= 15 is 0 Å². The molecule has 2 heteroatoms. The summed E-state index contributed by atoms with van der Waals surface area (Å²) in [5.74, 6) is 0. The molecule has 0 fully saturated rings. The quantitative estimate of drug-likeness (QED) is 0.151. The SMILES string of the molecule is C/C=C1\C(=C/C)c2ccc(N(c3ccc(-c4ccccc4)cc3)c3ccc(-c4ccc5c6ccc(-c7ccc8sc9ccccc9c8c7)cc6c6ccccc6c5c4)cc3)cc2C1(C)C. The minimum atomic E-state index is -0.1000. The van der Waals surface area contributed by atoms with Gasteiger partial charge >= 0.3 is 0 Å². The normalized spacial score (nSPS) is 14.6. The largest absolute Gasteiger partial charge is 0.310 e. The van der Waals surface area contributed by atoms with Gasteiger partial charge in [0.25, 0.3) is 0 Å². The molecule has 0 amide bonds. The summed E-state index contributed by atoms with van der Waals surface area (Å²) in [6, 6.07) is 74.5. The number of rotatable bonds is 6. The summed E-state index contributed by atoms with van der Waals surface area (Å²) < 4.78 is 2.67. The van der Waals surface area contributed by atoms with E-state index in [0.29, 0.717) is 0 Å². The van der Waals surface area contributed by atoms with Crippen molar-refractivity contribution >= 4 is 86.5 Å². The Kier molecular flexibility index (Phi) is 9.22. The number of hydrogen-bond donors (Lipinski definition) is 0. The summed E-state index contributed by atoms with van der Waals surface area (Å²) in [6.07, 6.45) is 4.56. The van der Waals surface area contributed by atoms with Gasteiger partial charge in [0.2, 0.25) is 0 Å². The van der Waals surface area contributed by atoms with Crippen LogP contribution in [0.3, 0.4) is 0 Å². The molecule has 0 N–H and O–H groups in total. The maximum Gasteiger partial charge on any atom is 0.0465 e. The number of thiophene rings is 1. The minimum absolute atomic E-state index is 0.1000. The zero-order valence-corrected chi connectivity index (χ0v) is 37.9. The number of benzene rings is 10. The van der Waals surface area contributed by atoms with Crippen molar-refractivity contribution in [2.45, 2.75) is 33.1 Å². The molecule has 1 nitrogen and oxygen atoms in total. The van der Waals surface area contributed by atoms with E-state index in [-0.39, 0.29) is 5.41 Å². The predicted octanol–water partition coefficient (Wildman–Crippen LogP) is 18.6. The van der Waals surface area contributed by atoms with E-state index in [1.54, 1.807) is 0 Å². The fourth-order valence-electron chi connectivity index (χ4n) is 10.8. The van der Waals surface area contributed by atoms with Crippen LogP contribution in [0, 0.1) is 0 Å². The maximum atomic E-state index is 2.42. The number of nitrogens with zero attached hydrogens (tertiary/aromatic N) is 1. The Balaban J connectivity index is 0.939. The van der Waals surface area contributed by atoms with Gasteiger partial charge in [-0.15, -0.1) is 11.3 Å². The van der Waals surface area contributed by atoms with Crippen molar-refractivity contribution in [2.75, 3.05) is 4.90 Å². The highest BCUT2D eigenvalue weighted by Crippen LogP contribution is 2.52. The minimum Gasteiger partial charge on any atom is -0.310 e. The second kappa shape index (κ2) is 15.3. The summed E-state index contributed by atoms with van der Waals surface area (Å²) in [5.41, 5.74) is 16.0. The van der Waals surface area contributed by atoms with Crippen LogP contribution in [0.5, 0.6) is 0 Å². The van der Waals surface area contributed by atoms with Crippen LogP contribution in [0.15, 0.2) is 218 Å². The summed E-state index contributed by atoms with van der Waals surface area (Å²) in [5, 5.41) is 10.3. The third kappa shape index (κ3) is 6.35. The summed E-state index contributed by atoms with van der Waals surface area (Å²) in [6.45, 7) is 9.04. The first-order valence-electron chi connectivity index (χ1n) is 22.7. The Morgan fingerprint density at radius 1 is 0.369 bits per heavy atom. The maximum absolute atomic E-state index is 2.42. The van der Waals surface area contributed by atoms with Crippen LogP contribution in [0.25, 0.3) is 91.4 Å². The highest BCUT2D eigenvalue weighted by molar-refractivity contribution is 7.25. The molecule has 0 unspecified atom stereocenters. The Hall–Kier alpha value is -7.52. The summed E-state index contributed by atoms with van der Waals surface area (Å²) >= 11 is 1.87. The average Bonchev–Trinajstić information content (AvgIpc) is 3.84. The molecule has 0 atom stereocenters.